The van der Waals surface area contributed by atoms with Crippen molar-refractivity contribution in [2.45, 2.75) is 19.8 Å². The second kappa shape index (κ2) is 9.11. The molecule has 0 saturated carbocycles. The Kier molecular flexibility index (Phi) is 6.33. The van der Waals surface area contributed by atoms with Gasteiger partial charge in [0.1, 0.15) is 11.6 Å². The SMILES string of the molecule is CCN1CCN(c2nc(-c3ccc(OC)c(CCCO)c3)cc3ccsc23)CC1. The first-order valence-corrected chi connectivity index (χ1v) is 11.2. The molecule has 1 aliphatic heterocycles. The third kappa shape index (κ3) is 4.25. The van der Waals surface area contributed by atoms with E-state index in [1.807, 2.05) is 6.07 Å². The molecule has 3 heterocycles. The van der Waals surface area contributed by atoms with E-state index in [9.17, 15) is 5.11 Å². The van der Waals surface area contributed by atoms with Gasteiger partial charge in [-0.15, -0.1) is 11.3 Å². The number of fused-ring (bicyclic) bond motifs is 1. The molecule has 6 heteroatoms. The summed E-state index contributed by atoms with van der Waals surface area (Å²) in [5.41, 5.74) is 3.21. The molecule has 0 unspecified atom stereocenters. The van der Waals surface area contributed by atoms with E-state index in [2.05, 4.69) is 46.4 Å². The number of benzene rings is 1. The molecule has 0 spiro atoms. The first kappa shape index (κ1) is 20.1. The van der Waals surface area contributed by atoms with Crippen molar-refractivity contribution < 1.29 is 9.84 Å². The van der Waals surface area contributed by atoms with Crippen molar-refractivity contribution in [1.82, 2.24) is 9.88 Å². The van der Waals surface area contributed by atoms with Crippen LogP contribution >= 0.6 is 11.3 Å². The lowest BCUT2D eigenvalue weighted by Gasteiger charge is -2.35. The number of aliphatic hydroxyl groups excluding tert-OH is 1. The van der Waals surface area contributed by atoms with Crippen molar-refractivity contribution in [3.8, 4) is 17.0 Å². The van der Waals surface area contributed by atoms with Gasteiger partial charge in [-0.1, -0.05) is 6.92 Å². The van der Waals surface area contributed by atoms with Crippen LogP contribution in [0.25, 0.3) is 21.3 Å². The fourth-order valence-electron chi connectivity index (χ4n) is 4.00. The van der Waals surface area contributed by atoms with Gasteiger partial charge in [0.2, 0.25) is 0 Å². The first-order chi connectivity index (χ1) is 14.2. The van der Waals surface area contributed by atoms with Gasteiger partial charge in [-0.2, -0.15) is 0 Å². The molecule has 0 radical (unpaired) electrons. The van der Waals surface area contributed by atoms with Gasteiger partial charge in [0.15, 0.2) is 0 Å². The molecule has 0 aliphatic carbocycles. The van der Waals surface area contributed by atoms with E-state index in [1.165, 1.54) is 10.1 Å². The Bertz CT molecular complexity index is 964. The van der Waals surface area contributed by atoms with Crippen LogP contribution in [0.1, 0.15) is 18.9 Å². The number of ether oxygens (including phenoxy) is 1. The van der Waals surface area contributed by atoms with Crippen molar-refractivity contribution in [1.29, 1.82) is 0 Å². The van der Waals surface area contributed by atoms with Crippen LogP contribution in [0.2, 0.25) is 0 Å². The van der Waals surface area contributed by atoms with Crippen molar-refractivity contribution in [2.24, 2.45) is 0 Å². The van der Waals surface area contributed by atoms with Crippen LogP contribution < -0.4 is 9.64 Å². The van der Waals surface area contributed by atoms with Crippen LogP contribution in [0.5, 0.6) is 5.75 Å². The van der Waals surface area contributed by atoms with Crippen LogP contribution in [-0.2, 0) is 6.42 Å². The summed E-state index contributed by atoms with van der Waals surface area (Å²) in [6.45, 7) is 7.72. The van der Waals surface area contributed by atoms with Gasteiger partial charge in [0, 0.05) is 38.3 Å². The number of pyridine rings is 1. The van der Waals surface area contributed by atoms with E-state index in [0.29, 0.717) is 0 Å². The summed E-state index contributed by atoms with van der Waals surface area (Å²) < 4.78 is 6.79. The number of likely N-dealkylation sites (N-methyl/N-ethyl adjacent to an activating group) is 1. The molecular weight excluding hydrogens is 382 g/mol. The Labute approximate surface area is 176 Å². The summed E-state index contributed by atoms with van der Waals surface area (Å²) in [4.78, 5) is 10.0. The molecular formula is C23H29N3O2S. The average molecular weight is 412 g/mol. The lowest BCUT2D eigenvalue weighted by molar-refractivity contribution is 0.271. The second-order valence-electron chi connectivity index (χ2n) is 7.45. The maximum absolute atomic E-state index is 9.23. The van der Waals surface area contributed by atoms with E-state index in [-0.39, 0.29) is 6.61 Å². The van der Waals surface area contributed by atoms with E-state index in [4.69, 9.17) is 9.72 Å². The summed E-state index contributed by atoms with van der Waals surface area (Å²) in [7, 11) is 1.70. The number of rotatable bonds is 7. The summed E-state index contributed by atoms with van der Waals surface area (Å²) in [5, 5.41) is 12.6. The van der Waals surface area contributed by atoms with Gasteiger partial charge in [0.25, 0.3) is 0 Å². The standard InChI is InChI=1S/C23H29N3O2S/c1-3-25-9-11-26(12-10-25)23-22-19(8-14-29-22)16-20(24-23)17-6-7-21(28-2)18(15-17)5-4-13-27/h6-8,14-16,27H,3-5,9-13H2,1-2H3. The van der Waals surface area contributed by atoms with Crippen LogP contribution in [0.15, 0.2) is 35.7 Å². The number of aromatic nitrogens is 1. The molecule has 1 saturated heterocycles. The fourth-order valence-corrected chi connectivity index (χ4v) is 4.89. The van der Waals surface area contributed by atoms with Gasteiger partial charge < -0.3 is 19.6 Å². The summed E-state index contributed by atoms with van der Waals surface area (Å²) >= 11 is 1.77. The van der Waals surface area contributed by atoms with Crippen LogP contribution in [-0.4, -0.2) is 61.4 Å². The maximum Gasteiger partial charge on any atom is 0.147 e. The number of thiophene rings is 1. The zero-order valence-electron chi connectivity index (χ0n) is 17.2. The van der Waals surface area contributed by atoms with E-state index >= 15 is 0 Å². The number of aryl methyl sites for hydroxylation is 1. The molecule has 1 N–H and O–H groups in total. The second-order valence-corrected chi connectivity index (χ2v) is 8.36. The van der Waals surface area contributed by atoms with Gasteiger partial charge in [-0.3, -0.25) is 0 Å². The molecule has 0 bridgehead atoms. The number of piperazine rings is 1. The highest BCUT2D eigenvalue weighted by molar-refractivity contribution is 7.17. The van der Waals surface area contributed by atoms with Gasteiger partial charge in [-0.25, -0.2) is 4.98 Å². The normalized spacial score (nSPS) is 15.2. The third-order valence-corrected chi connectivity index (χ3v) is 6.64. The quantitative estimate of drug-likeness (QED) is 0.636. The molecule has 154 valence electrons. The molecule has 4 rings (SSSR count). The smallest absolute Gasteiger partial charge is 0.147 e. The zero-order chi connectivity index (χ0) is 20.2. The molecule has 3 aromatic rings. The van der Waals surface area contributed by atoms with Gasteiger partial charge in [-0.05, 0) is 66.0 Å². The molecule has 0 amide bonds. The molecule has 29 heavy (non-hydrogen) atoms. The largest absolute Gasteiger partial charge is 0.496 e. The van der Waals surface area contributed by atoms with Crippen molar-refractivity contribution in [3.63, 3.8) is 0 Å². The maximum atomic E-state index is 9.23. The van der Waals surface area contributed by atoms with E-state index in [0.717, 1.165) is 74.0 Å². The predicted octanol–water partition coefficient (Wildman–Crippen LogP) is 4.04. The van der Waals surface area contributed by atoms with Crippen molar-refractivity contribution in [2.75, 3.05) is 51.3 Å². The number of aliphatic hydroxyl groups is 1. The van der Waals surface area contributed by atoms with Crippen LogP contribution in [0.4, 0.5) is 5.82 Å². The first-order valence-electron chi connectivity index (χ1n) is 10.4. The molecule has 2 aromatic heterocycles. The van der Waals surface area contributed by atoms with E-state index in [1.54, 1.807) is 18.4 Å². The summed E-state index contributed by atoms with van der Waals surface area (Å²) in [6.07, 6.45) is 1.52. The molecule has 1 aliphatic rings. The fraction of sp³-hybridized carbons (Fsp3) is 0.435. The van der Waals surface area contributed by atoms with Crippen LogP contribution in [0, 0.1) is 0 Å². The summed E-state index contributed by atoms with van der Waals surface area (Å²) in [6, 6.07) is 10.6. The van der Waals surface area contributed by atoms with E-state index < -0.39 is 0 Å². The predicted molar refractivity (Wildman–Crippen MR) is 121 cm³/mol. The number of hydrogen-bond donors (Lipinski definition) is 1. The van der Waals surface area contributed by atoms with Crippen molar-refractivity contribution in [3.05, 3.63) is 41.3 Å². The monoisotopic (exact) mass is 411 g/mol. The van der Waals surface area contributed by atoms with Gasteiger partial charge in [0.05, 0.1) is 17.5 Å². The molecule has 5 nitrogen and oxygen atoms in total. The number of methoxy groups -OCH3 is 1. The Morgan fingerprint density at radius 1 is 1.14 bits per heavy atom. The number of anilines is 1. The number of nitrogens with zero attached hydrogens (tertiary/aromatic N) is 3. The Morgan fingerprint density at radius 3 is 2.69 bits per heavy atom. The Morgan fingerprint density at radius 2 is 1.97 bits per heavy atom. The van der Waals surface area contributed by atoms with Gasteiger partial charge >= 0.3 is 0 Å². The minimum absolute atomic E-state index is 0.181. The Hall–Kier alpha value is -2.15. The lowest BCUT2D eigenvalue weighted by Crippen LogP contribution is -2.46. The van der Waals surface area contributed by atoms with Crippen molar-refractivity contribution >= 4 is 27.2 Å². The topological polar surface area (TPSA) is 48.8 Å². The minimum Gasteiger partial charge on any atom is -0.496 e. The molecule has 0 atom stereocenters. The highest BCUT2D eigenvalue weighted by Crippen LogP contribution is 2.35. The lowest BCUT2D eigenvalue weighted by atomic mass is 10.0. The minimum atomic E-state index is 0.181. The Balaban J connectivity index is 1.71. The highest BCUT2D eigenvalue weighted by Gasteiger charge is 2.20. The molecule has 1 aromatic carbocycles. The highest BCUT2D eigenvalue weighted by atomic mass is 32.1. The van der Waals surface area contributed by atoms with Crippen LogP contribution in [0.3, 0.4) is 0 Å². The summed E-state index contributed by atoms with van der Waals surface area (Å²) in [5.74, 6) is 1.98. The zero-order valence-corrected chi connectivity index (χ0v) is 18.0. The average Bonchev–Trinajstić information content (AvgIpc) is 3.25. The third-order valence-electron chi connectivity index (χ3n) is 5.72. The number of hydrogen-bond acceptors (Lipinski definition) is 6. The molecule has 1 fully saturated rings.